The van der Waals surface area contributed by atoms with Crippen LogP contribution in [-0.4, -0.2) is 23.2 Å². The zero-order valence-electron chi connectivity index (χ0n) is 20.1. The van der Waals surface area contributed by atoms with Crippen LogP contribution in [0.4, 0.5) is 4.79 Å². The molecule has 1 aromatic rings. The summed E-state index contributed by atoms with van der Waals surface area (Å²) >= 11 is 0. The first kappa shape index (κ1) is 24.1. The minimum atomic E-state index is -0.492. The Morgan fingerprint density at radius 1 is 1.06 bits per heavy atom. The van der Waals surface area contributed by atoms with Crippen molar-refractivity contribution in [3.8, 4) is 0 Å². The number of unbranched alkanes of at least 4 members (excludes halogenated alkanes) is 3. The summed E-state index contributed by atoms with van der Waals surface area (Å²) in [5.41, 5.74) is 0.137. The van der Waals surface area contributed by atoms with Gasteiger partial charge in [-0.15, -0.1) is 0 Å². The number of ether oxygens (including phenoxy) is 1. The Kier molecular flexibility index (Phi) is 7.62. The lowest BCUT2D eigenvalue weighted by atomic mass is 9.51. The van der Waals surface area contributed by atoms with Crippen LogP contribution in [-0.2, 0) is 25.9 Å². The van der Waals surface area contributed by atoms with E-state index in [-0.39, 0.29) is 30.1 Å². The fourth-order valence-corrected chi connectivity index (χ4v) is 6.60. The quantitative estimate of drug-likeness (QED) is 0.247. The van der Waals surface area contributed by atoms with Gasteiger partial charge in [0.05, 0.1) is 5.92 Å². The van der Waals surface area contributed by atoms with E-state index in [1.54, 1.807) is 0 Å². The summed E-state index contributed by atoms with van der Waals surface area (Å²) in [6, 6.07) is 9.70. The number of alkyl carbamates (subject to hydrolysis) is 1. The lowest BCUT2D eigenvalue weighted by Gasteiger charge is -2.60. The van der Waals surface area contributed by atoms with Crippen LogP contribution in [0.2, 0.25) is 0 Å². The summed E-state index contributed by atoms with van der Waals surface area (Å²) in [6.45, 7) is 4.36. The third kappa shape index (κ3) is 6.08. The fourth-order valence-electron chi connectivity index (χ4n) is 6.60. The molecule has 0 aliphatic heterocycles. The summed E-state index contributed by atoms with van der Waals surface area (Å²) in [4.78, 5) is 36.6. The van der Waals surface area contributed by atoms with Gasteiger partial charge < -0.3 is 10.1 Å². The van der Waals surface area contributed by atoms with Crippen molar-refractivity contribution in [3.05, 3.63) is 35.9 Å². The van der Waals surface area contributed by atoms with Gasteiger partial charge in [-0.1, -0.05) is 69.9 Å². The van der Waals surface area contributed by atoms with Crippen molar-refractivity contribution in [2.75, 3.05) is 0 Å². The Hall–Kier alpha value is -2.08. The minimum absolute atomic E-state index is 0.157. The standard InChI is InChI=1S/C27H39NO5/c1-3-4-5-7-10-20(2)24(29)32-33-27-16-22-13-23(17-27)15-26(14-22,19-27)28-25(30)31-18-21-11-8-6-9-12-21/h6,8-9,11-12,20,22-23H,3-5,7,10,13-19H2,1-2H3,(H,28,30). The highest BCUT2D eigenvalue weighted by Gasteiger charge is 2.60. The van der Waals surface area contributed by atoms with Gasteiger partial charge in [0.1, 0.15) is 12.2 Å². The maximum atomic E-state index is 12.6. The molecule has 3 atom stereocenters. The van der Waals surface area contributed by atoms with E-state index in [2.05, 4.69) is 12.2 Å². The lowest BCUT2D eigenvalue weighted by molar-refractivity contribution is -0.364. The van der Waals surface area contributed by atoms with E-state index in [0.717, 1.165) is 56.9 Å². The van der Waals surface area contributed by atoms with Gasteiger partial charge in [0.15, 0.2) is 0 Å². The first-order valence-corrected chi connectivity index (χ1v) is 12.8. The molecule has 4 aliphatic carbocycles. The highest BCUT2D eigenvalue weighted by Crippen LogP contribution is 2.59. The lowest BCUT2D eigenvalue weighted by Crippen LogP contribution is -2.66. The fraction of sp³-hybridized carbons (Fsp3) is 0.704. The number of carbonyl (C=O) groups is 2. The number of hydrogen-bond donors (Lipinski definition) is 1. The zero-order valence-corrected chi connectivity index (χ0v) is 20.1. The van der Waals surface area contributed by atoms with Gasteiger partial charge in [-0.05, 0) is 55.9 Å². The second-order valence-electron chi connectivity index (χ2n) is 10.8. The molecule has 4 bridgehead atoms. The molecule has 6 heteroatoms. The molecule has 4 saturated carbocycles. The van der Waals surface area contributed by atoms with Crippen LogP contribution in [0.25, 0.3) is 0 Å². The molecule has 1 amide bonds. The molecule has 6 nitrogen and oxygen atoms in total. The Bertz CT molecular complexity index is 796. The molecule has 4 fully saturated rings. The number of rotatable bonds is 11. The molecular formula is C27H39NO5. The van der Waals surface area contributed by atoms with E-state index >= 15 is 0 Å². The molecule has 0 heterocycles. The van der Waals surface area contributed by atoms with Gasteiger partial charge >= 0.3 is 12.1 Å². The monoisotopic (exact) mass is 457 g/mol. The van der Waals surface area contributed by atoms with E-state index in [1.165, 1.54) is 12.8 Å². The largest absolute Gasteiger partial charge is 0.445 e. The van der Waals surface area contributed by atoms with Gasteiger partial charge in [0.25, 0.3) is 0 Å². The summed E-state index contributed by atoms with van der Waals surface area (Å²) in [6.07, 6.45) is 10.5. The third-order valence-electron chi connectivity index (χ3n) is 7.78. The van der Waals surface area contributed by atoms with Gasteiger partial charge in [-0.3, -0.25) is 4.89 Å². The van der Waals surface area contributed by atoms with Crippen molar-refractivity contribution in [2.45, 2.75) is 102 Å². The molecule has 33 heavy (non-hydrogen) atoms. The SMILES string of the molecule is CCCCCCC(C)C(=O)OOC12CC3CC(CC(NC(=O)OCc4ccccc4)(C3)C1)C2. The molecule has 0 saturated heterocycles. The van der Waals surface area contributed by atoms with Crippen molar-refractivity contribution in [1.29, 1.82) is 0 Å². The highest BCUT2D eigenvalue weighted by molar-refractivity contribution is 5.71. The van der Waals surface area contributed by atoms with Crippen molar-refractivity contribution < 1.29 is 24.1 Å². The van der Waals surface area contributed by atoms with Crippen LogP contribution in [0.3, 0.4) is 0 Å². The molecular weight excluding hydrogens is 418 g/mol. The average molecular weight is 458 g/mol. The molecule has 5 rings (SSSR count). The molecule has 182 valence electrons. The number of hydrogen-bond acceptors (Lipinski definition) is 5. The van der Waals surface area contributed by atoms with Crippen LogP contribution in [0, 0.1) is 17.8 Å². The van der Waals surface area contributed by atoms with Crippen LogP contribution in [0.15, 0.2) is 30.3 Å². The van der Waals surface area contributed by atoms with Crippen molar-refractivity contribution in [1.82, 2.24) is 5.32 Å². The van der Waals surface area contributed by atoms with Gasteiger partial charge in [-0.2, -0.15) is 4.89 Å². The topological polar surface area (TPSA) is 73.9 Å². The maximum absolute atomic E-state index is 12.6. The van der Waals surface area contributed by atoms with Crippen LogP contribution < -0.4 is 5.32 Å². The summed E-state index contributed by atoms with van der Waals surface area (Å²) in [5.74, 6) is 0.527. The van der Waals surface area contributed by atoms with Crippen LogP contribution >= 0.6 is 0 Å². The van der Waals surface area contributed by atoms with E-state index in [9.17, 15) is 9.59 Å². The predicted molar refractivity (Wildman–Crippen MR) is 125 cm³/mol. The molecule has 0 aromatic heterocycles. The van der Waals surface area contributed by atoms with Crippen molar-refractivity contribution >= 4 is 12.1 Å². The van der Waals surface area contributed by atoms with E-state index in [4.69, 9.17) is 14.5 Å². The Labute approximate surface area is 197 Å². The molecule has 0 spiro atoms. The number of carbonyl (C=O) groups excluding carboxylic acids is 2. The second kappa shape index (κ2) is 10.5. The smallest absolute Gasteiger partial charge is 0.407 e. The molecule has 1 aromatic carbocycles. The minimum Gasteiger partial charge on any atom is -0.445 e. The summed E-state index contributed by atoms with van der Waals surface area (Å²) in [7, 11) is 0. The van der Waals surface area contributed by atoms with Gasteiger partial charge in [0.2, 0.25) is 0 Å². The predicted octanol–water partition coefficient (Wildman–Crippen LogP) is 6.09. The normalized spacial score (nSPS) is 30.6. The third-order valence-corrected chi connectivity index (χ3v) is 7.78. The van der Waals surface area contributed by atoms with Crippen molar-refractivity contribution in [3.63, 3.8) is 0 Å². The highest BCUT2D eigenvalue weighted by atomic mass is 17.2. The Balaban J connectivity index is 1.30. The maximum Gasteiger partial charge on any atom is 0.407 e. The Morgan fingerprint density at radius 3 is 2.48 bits per heavy atom. The van der Waals surface area contributed by atoms with E-state index < -0.39 is 5.60 Å². The molecule has 0 radical (unpaired) electrons. The molecule has 1 N–H and O–H groups in total. The van der Waals surface area contributed by atoms with E-state index in [1.807, 2.05) is 37.3 Å². The Morgan fingerprint density at radius 2 is 1.79 bits per heavy atom. The first-order valence-electron chi connectivity index (χ1n) is 12.8. The second-order valence-corrected chi connectivity index (χ2v) is 10.8. The first-order chi connectivity index (χ1) is 15.9. The van der Waals surface area contributed by atoms with Gasteiger partial charge in [-0.25, -0.2) is 9.59 Å². The molecule has 4 aliphatic rings. The average Bonchev–Trinajstić information content (AvgIpc) is 2.78. The number of nitrogens with one attached hydrogen (secondary N) is 1. The van der Waals surface area contributed by atoms with Crippen LogP contribution in [0.5, 0.6) is 0 Å². The van der Waals surface area contributed by atoms with Crippen molar-refractivity contribution in [2.24, 2.45) is 17.8 Å². The number of amides is 1. The number of benzene rings is 1. The summed E-state index contributed by atoms with van der Waals surface area (Å²) < 4.78 is 5.51. The van der Waals surface area contributed by atoms with E-state index in [0.29, 0.717) is 18.3 Å². The molecule has 3 unspecified atom stereocenters. The zero-order chi connectivity index (χ0) is 23.3. The summed E-state index contributed by atoms with van der Waals surface area (Å²) in [5, 5.41) is 3.19. The van der Waals surface area contributed by atoms with Gasteiger partial charge in [0, 0.05) is 12.0 Å². The van der Waals surface area contributed by atoms with Crippen LogP contribution in [0.1, 0.15) is 90.0 Å².